The van der Waals surface area contributed by atoms with Crippen LogP contribution in [0.5, 0.6) is 5.75 Å². The van der Waals surface area contributed by atoms with Gasteiger partial charge in [-0.15, -0.1) is 11.8 Å². The Bertz CT molecular complexity index is 1130. The second-order valence-electron chi connectivity index (χ2n) is 6.31. The fourth-order valence-electron chi connectivity index (χ4n) is 2.89. The van der Waals surface area contributed by atoms with Gasteiger partial charge in [0.15, 0.2) is 0 Å². The van der Waals surface area contributed by atoms with E-state index in [9.17, 15) is 4.79 Å². The minimum Gasteiger partial charge on any atom is -0.495 e. The largest absolute Gasteiger partial charge is 0.495 e. The van der Waals surface area contributed by atoms with Crippen LogP contribution in [-0.2, 0) is 5.75 Å². The second kappa shape index (κ2) is 8.59. The number of nitrogens with zero attached hydrogens (tertiary/aromatic N) is 2. The summed E-state index contributed by atoms with van der Waals surface area (Å²) in [6.07, 6.45) is 4.02. The van der Waals surface area contributed by atoms with Crippen LogP contribution in [0.15, 0.2) is 78.0 Å². The predicted molar refractivity (Wildman–Crippen MR) is 117 cm³/mol. The smallest absolute Gasteiger partial charge is 0.255 e. The third-order valence-electron chi connectivity index (χ3n) is 4.33. The molecule has 0 bridgehead atoms. The van der Waals surface area contributed by atoms with Crippen LogP contribution in [0, 0.1) is 0 Å². The minimum atomic E-state index is -0.220. The van der Waals surface area contributed by atoms with Gasteiger partial charge in [-0.25, -0.2) is 4.98 Å². The van der Waals surface area contributed by atoms with Crippen molar-refractivity contribution < 1.29 is 9.53 Å². The molecule has 1 N–H and O–H groups in total. The first-order chi connectivity index (χ1) is 14.1. The lowest BCUT2D eigenvalue weighted by Crippen LogP contribution is -2.12. The molecule has 2 heterocycles. The molecule has 4 aromatic rings. The fourth-order valence-corrected chi connectivity index (χ4v) is 3.84. The number of rotatable bonds is 6. The monoisotopic (exact) mass is 423 g/mol. The third-order valence-corrected chi connectivity index (χ3v) is 5.61. The van der Waals surface area contributed by atoms with Crippen molar-refractivity contribution in [1.82, 2.24) is 9.38 Å². The van der Waals surface area contributed by atoms with Crippen molar-refractivity contribution in [3.63, 3.8) is 0 Å². The normalized spacial score (nSPS) is 10.8. The van der Waals surface area contributed by atoms with Crippen LogP contribution in [0.3, 0.4) is 0 Å². The van der Waals surface area contributed by atoms with E-state index in [4.69, 9.17) is 16.3 Å². The molecule has 0 aliphatic carbocycles. The summed E-state index contributed by atoms with van der Waals surface area (Å²) in [6, 6.07) is 18.5. The summed E-state index contributed by atoms with van der Waals surface area (Å²) < 4.78 is 7.28. The number of amides is 1. The quantitative estimate of drug-likeness (QED) is 0.413. The lowest BCUT2D eigenvalue weighted by molar-refractivity contribution is 0.102. The highest BCUT2D eigenvalue weighted by Crippen LogP contribution is 2.28. The summed E-state index contributed by atoms with van der Waals surface area (Å²) in [5, 5.41) is 3.37. The molecule has 0 aliphatic rings. The van der Waals surface area contributed by atoms with Gasteiger partial charge in [-0.05, 0) is 54.6 Å². The van der Waals surface area contributed by atoms with Gasteiger partial charge in [-0.1, -0.05) is 17.7 Å². The molecule has 29 heavy (non-hydrogen) atoms. The number of halogens is 1. The van der Waals surface area contributed by atoms with Gasteiger partial charge in [0.1, 0.15) is 11.4 Å². The summed E-state index contributed by atoms with van der Waals surface area (Å²) in [5.74, 6) is 1.09. The lowest BCUT2D eigenvalue weighted by atomic mass is 10.2. The van der Waals surface area contributed by atoms with Crippen LogP contribution in [0.4, 0.5) is 5.69 Å². The number of hydrogen-bond donors (Lipinski definition) is 1. The zero-order valence-electron chi connectivity index (χ0n) is 15.6. The van der Waals surface area contributed by atoms with Gasteiger partial charge in [0, 0.05) is 33.6 Å². The molecule has 0 spiro atoms. The lowest BCUT2D eigenvalue weighted by Gasteiger charge is -2.11. The number of hydrogen-bond acceptors (Lipinski definition) is 4. The van der Waals surface area contributed by atoms with Gasteiger partial charge >= 0.3 is 0 Å². The van der Waals surface area contributed by atoms with Crippen molar-refractivity contribution in [3.8, 4) is 5.75 Å². The zero-order chi connectivity index (χ0) is 20.2. The first-order valence-corrected chi connectivity index (χ1v) is 10.3. The van der Waals surface area contributed by atoms with Crippen LogP contribution in [0.1, 0.15) is 16.1 Å². The van der Waals surface area contributed by atoms with Gasteiger partial charge in [-0.2, -0.15) is 0 Å². The Hall–Kier alpha value is -2.96. The molecule has 0 radical (unpaired) electrons. The highest BCUT2D eigenvalue weighted by atomic mass is 35.5. The Labute approximate surface area is 177 Å². The number of benzene rings is 2. The number of fused-ring (bicyclic) bond motifs is 1. The Balaban J connectivity index is 1.40. The number of carbonyl (C=O) groups is 1. The van der Waals surface area contributed by atoms with Crippen molar-refractivity contribution in [2.24, 2.45) is 0 Å². The number of aromatic nitrogens is 2. The maximum atomic E-state index is 12.6. The molecule has 2 aromatic heterocycles. The molecule has 0 fully saturated rings. The molecule has 0 atom stereocenters. The first-order valence-electron chi connectivity index (χ1n) is 8.93. The SMILES string of the molecule is COc1ccc(Cl)cc1NC(=O)c1ccc(SCc2cn3ccccc3n2)cc1. The molecule has 0 saturated carbocycles. The minimum absolute atomic E-state index is 0.220. The van der Waals surface area contributed by atoms with Crippen LogP contribution in [0.25, 0.3) is 5.65 Å². The molecule has 4 rings (SSSR count). The van der Waals surface area contributed by atoms with Crippen LogP contribution < -0.4 is 10.1 Å². The van der Waals surface area contributed by atoms with Crippen molar-refractivity contribution in [2.75, 3.05) is 12.4 Å². The Morgan fingerprint density at radius 1 is 1.17 bits per heavy atom. The predicted octanol–water partition coefficient (Wildman–Crippen LogP) is 5.54. The topological polar surface area (TPSA) is 55.6 Å². The average Bonchev–Trinajstić information content (AvgIpc) is 3.16. The van der Waals surface area contributed by atoms with Crippen LogP contribution >= 0.6 is 23.4 Å². The van der Waals surface area contributed by atoms with E-state index in [2.05, 4.69) is 10.3 Å². The summed E-state index contributed by atoms with van der Waals surface area (Å²) in [4.78, 5) is 18.2. The third kappa shape index (κ3) is 4.55. The highest BCUT2D eigenvalue weighted by Gasteiger charge is 2.11. The molecular formula is C22H18ClN3O2S. The van der Waals surface area contributed by atoms with Gasteiger partial charge in [0.05, 0.1) is 18.5 Å². The number of thioether (sulfide) groups is 1. The van der Waals surface area contributed by atoms with Crippen molar-refractivity contribution in [3.05, 3.63) is 89.3 Å². The molecule has 0 saturated heterocycles. The molecule has 0 unspecified atom stereocenters. The number of carbonyl (C=O) groups excluding carboxylic acids is 1. The number of methoxy groups -OCH3 is 1. The van der Waals surface area contributed by atoms with Gasteiger partial charge < -0.3 is 14.5 Å². The van der Waals surface area contributed by atoms with Crippen molar-refractivity contribution in [2.45, 2.75) is 10.6 Å². The molecular weight excluding hydrogens is 406 g/mol. The molecule has 1 amide bonds. The summed E-state index contributed by atoms with van der Waals surface area (Å²) in [6.45, 7) is 0. The van der Waals surface area contributed by atoms with Gasteiger partial charge in [0.25, 0.3) is 5.91 Å². The van der Waals surface area contributed by atoms with Crippen molar-refractivity contribution in [1.29, 1.82) is 0 Å². The Morgan fingerprint density at radius 2 is 2.00 bits per heavy atom. The molecule has 146 valence electrons. The maximum absolute atomic E-state index is 12.6. The zero-order valence-corrected chi connectivity index (χ0v) is 17.2. The van der Waals surface area contributed by atoms with Crippen LogP contribution in [0.2, 0.25) is 5.02 Å². The van der Waals surface area contributed by atoms with Gasteiger partial charge in [-0.3, -0.25) is 4.79 Å². The van der Waals surface area contributed by atoms with E-state index in [0.717, 1.165) is 22.0 Å². The second-order valence-corrected chi connectivity index (χ2v) is 7.80. The number of pyridine rings is 1. The Kier molecular flexibility index (Phi) is 5.74. The molecule has 2 aromatic carbocycles. The van der Waals surface area contributed by atoms with Crippen LogP contribution in [-0.4, -0.2) is 22.4 Å². The number of imidazole rings is 1. The van der Waals surface area contributed by atoms with E-state index < -0.39 is 0 Å². The van der Waals surface area contributed by atoms with Gasteiger partial charge in [0.2, 0.25) is 0 Å². The van der Waals surface area contributed by atoms with E-state index >= 15 is 0 Å². The number of nitrogens with one attached hydrogen (secondary N) is 1. The maximum Gasteiger partial charge on any atom is 0.255 e. The standard InChI is InChI=1S/C22H18ClN3O2S/c1-28-20-10-7-16(23)12-19(20)25-22(27)15-5-8-18(9-6-15)29-14-17-13-26-11-3-2-4-21(26)24-17/h2-13H,14H2,1H3,(H,25,27). The fraction of sp³-hybridized carbons (Fsp3) is 0.0909. The highest BCUT2D eigenvalue weighted by molar-refractivity contribution is 7.98. The summed E-state index contributed by atoms with van der Waals surface area (Å²) >= 11 is 7.70. The Morgan fingerprint density at radius 3 is 2.76 bits per heavy atom. The average molecular weight is 424 g/mol. The van der Waals surface area contributed by atoms with E-state index in [0.29, 0.717) is 22.0 Å². The number of anilines is 1. The van der Waals surface area contributed by atoms with Crippen molar-refractivity contribution >= 4 is 40.6 Å². The number of ether oxygens (including phenoxy) is 1. The summed E-state index contributed by atoms with van der Waals surface area (Å²) in [7, 11) is 1.55. The van der Waals surface area contributed by atoms with E-state index in [-0.39, 0.29) is 5.91 Å². The molecule has 7 heteroatoms. The molecule has 5 nitrogen and oxygen atoms in total. The van der Waals surface area contributed by atoms with E-state index in [1.165, 1.54) is 0 Å². The molecule has 0 aliphatic heterocycles. The first kappa shape index (κ1) is 19.4. The van der Waals surface area contributed by atoms with E-state index in [1.807, 2.05) is 47.1 Å². The summed E-state index contributed by atoms with van der Waals surface area (Å²) in [5.41, 5.74) is 3.04. The van der Waals surface area contributed by atoms with E-state index in [1.54, 1.807) is 49.2 Å².